The highest BCUT2D eigenvalue weighted by atomic mass is 127. The Morgan fingerprint density at radius 3 is 2.54 bits per heavy atom. The van der Waals surface area contributed by atoms with Gasteiger partial charge in [0.15, 0.2) is 0 Å². The summed E-state index contributed by atoms with van der Waals surface area (Å²) < 4.78 is 38.2. The lowest BCUT2D eigenvalue weighted by atomic mass is 9.85. The number of nitrogens with one attached hydrogen (secondary N) is 1. The maximum Gasteiger partial charge on any atom is 0.309 e. The highest BCUT2D eigenvalue weighted by molar-refractivity contribution is 14.1. The standard InChI is InChI=1S/C17H18I3NO6S/c18-9-6-12(15(20)13(19)7-9)16(22)21-14-5-8-3-10(14)11(4-8)17(23)27-1-2-28(24,25)26/h6-8,10-11,14H,1-5H2,(H,21,22)(H,24,25,26). The minimum absolute atomic E-state index is 0.00768. The van der Waals surface area contributed by atoms with Gasteiger partial charge >= 0.3 is 5.97 Å². The Balaban J connectivity index is 1.64. The van der Waals surface area contributed by atoms with E-state index in [0.717, 1.165) is 23.6 Å². The van der Waals surface area contributed by atoms with Crippen LogP contribution in [0.15, 0.2) is 12.1 Å². The van der Waals surface area contributed by atoms with Crippen molar-refractivity contribution < 1.29 is 27.3 Å². The lowest BCUT2D eigenvalue weighted by Crippen LogP contribution is -2.43. The molecule has 2 aliphatic carbocycles. The molecule has 0 heterocycles. The molecule has 2 N–H and O–H groups in total. The quantitative estimate of drug-likeness (QED) is 0.201. The number of amides is 1. The monoisotopic (exact) mass is 745 g/mol. The molecule has 0 radical (unpaired) electrons. The van der Waals surface area contributed by atoms with Crippen molar-refractivity contribution in [2.75, 3.05) is 12.4 Å². The van der Waals surface area contributed by atoms with Crippen LogP contribution in [0.2, 0.25) is 0 Å². The van der Waals surface area contributed by atoms with Crippen molar-refractivity contribution in [2.45, 2.75) is 25.3 Å². The SMILES string of the molecule is O=C(NC1CC2CC(C(=O)OCCS(=O)(=O)O)C1C2)c1cc(I)cc(I)c1I. The smallest absolute Gasteiger partial charge is 0.309 e. The lowest BCUT2D eigenvalue weighted by Gasteiger charge is -2.29. The Hall–Kier alpha value is 0.260. The first-order valence-electron chi connectivity index (χ1n) is 8.62. The summed E-state index contributed by atoms with van der Waals surface area (Å²) in [5, 5.41) is 3.09. The van der Waals surface area contributed by atoms with Gasteiger partial charge in [-0.05, 0) is 111 Å². The molecule has 4 atom stereocenters. The number of hydrogen-bond acceptors (Lipinski definition) is 5. The Morgan fingerprint density at radius 1 is 1.18 bits per heavy atom. The molecular weight excluding hydrogens is 727 g/mol. The first-order chi connectivity index (χ1) is 13.0. The number of carbonyl (C=O) groups is 2. The van der Waals surface area contributed by atoms with Crippen LogP contribution in [0.5, 0.6) is 0 Å². The third-order valence-electron chi connectivity index (χ3n) is 5.26. The molecule has 1 aromatic rings. The number of ether oxygens (including phenoxy) is 1. The van der Waals surface area contributed by atoms with Gasteiger partial charge in [-0.15, -0.1) is 0 Å². The minimum Gasteiger partial charge on any atom is -0.464 e. The van der Waals surface area contributed by atoms with Gasteiger partial charge < -0.3 is 10.1 Å². The van der Waals surface area contributed by atoms with Crippen LogP contribution >= 0.6 is 67.8 Å². The summed E-state index contributed by atoms with van der Waals surface area (Å²) in [6, 6.07) is 3.76. The van der Waals surface area contributed by atoms with Crippen molar-refractivity contribution in [3.8, 4) is 0 Å². The van der Waals surface area contributed by atoms with Gasteiger partial charge in [0.25, 0.3) is 16.0 Å². The van der Waals surface area contributed by atoms with Crippen LogP contribution in [0.3, 0.4) is 0 Å². The molecule has 2 saturated carbocycles. The average Bonchev–Trinajstić information content (AvgIpc) is 3.17. The maximum absolute atomic E-state index is 12.8. The lowest BCUT2D eigenvalue weighted by molar-refractivity contribution is -0.150. The van der Waals surface area contributed by atoms with E-state index < -0.39 is 21.8 Å². The molecule has 11 heteroatoms. The van der Waals surface area contributed by atoms with E-state index in [-0.39, 0.29) is 30.4 Å². The van der Waals surface area contributed by atoms with Crippen LogP contribution in [0, 0.1) is 28.5 Å². The maximum atomic E-state index is 12.8. The second-order valence-electron chi connectivity index (χ2n) is 7.13. The number of benzene rings is 1. The highest BCUT2D eigenvalue weighted by Crippen LogP contribution is 2.49. The third-order valence-corrected chi connectivity index (χ3v) is 9.61. The summed E-state index contributed by atoms with van der Waals surface area (Å²) in [5.74, 6) is -1.20. The molecule has 28 heavy (non-hydrogen) atoms. The van der Waals surface area contributed by atoms with E-state index >= 15 is 0 Å². The van der Waals surface area contributed by atoms with Crippen molar-refractivity contribution in [3.63, 3.8) is 0 Å². The molecule has 7 nitrogen and oxygen atoms in total. The van der Waals surface area contributed by atoms with Crippen LogP contribution in [-0.2, 0) is 19.6 Å². The van der Waals surface area contributed by atoms with E-state index in [1.54, 1.807) is 0 Å². The molecule has 3 rings (SSSR count). The Bertz CT molecular complexity index is 906. The van der Waals surface area contributed by atoms with Crippen LogP contribution in [0.25, 0.3) is 0 Å². The van der Waals surface area contributed by atoms with Gasteiger partial charge in [0.1, 0.15) is 12.4 Å². The largest absolute Gasteiger partial charge is 0.464 e. The molecule has 2 fully saturated rings. The van der Waals surface area contributed by atoms with Crippen molar-refractivity contribution in [3.05, 3.63) is 28.4 Å². The van der Waals surface area contributed by atoms with E-state index in [0.29, 0.717) is 17.9 Å². The second kappa shape index (κ2) is 9.18. The van der Waals surface area contributed by atoms with E-state index in [9.17, 15) is 18.0 Å². The molecule has 1 amide bonds. The zero-order valence-corrected chi connectivity index (χ0v) is 21.8. The van der Waals surface area contributed by atoms with Gasteiger partial charge in [-0.2, -0.15) is 8.42 Å². The number of halogens is 3. The minimum atomic E-state index is -4.16. The molecule has 4 unspecified atom stereocenters. The topological polar surface area (TPSA) is 110 Å². The number of rotatable bonds is 6. The molecule has 0 spiro atoms. The van der Waals surface area contributed by atoms with Gasteiger partial charge in [-0.25, -0.2) is 0 Å². The summed E-state index contributed by atoms with van der Waals surface area (Å²) in [7, 11) is -4.16. The van der Waals surface area contributed by atoms with E-state index in [1.165, 1.54) is 0 Å². The summed E-state index contributed by atoms with van der Waals surface area (Å²) >= 11 is 6.56. The predicted octanol–water partition coefficient (Wildman–Crippen LogP) is 3.08. The van der Waals surface area contributed by atoms with E-state index in [1.807, 2.05) is 12.1 Å². The van der Waals surface area contributed by atoms with Gasteiger partial charge in [0, 0.05) is 16.8 Å². The fraction of sp³-hybridized carbons (Fsp3) is 0.529. The Kier molecular flexibility index (Phi) is 7.52. The third kappa shape index (κ3) is 5.49. The van der Waals surface area contributed by atoms with Gasteiger partial charge in [-0.3, -0.25) is 14.1 Å². The fourth-order valence-electron chi connectivity index (χ4n) is 4.11. The molecule has 2 aliphatic rings. The number of carbonyl (C=O) groups excluding carboxylic acids is 2. The zero-order chi connectivity index (χ0) is 20.6. The van der Waals surface area contributed by atoms with Crippen molar-refractivity contribution in [2.24, 2.45) is 17.8 Å². The Morgan fingerprint density at radius 2 is 1.89 bits per heavy atom. The van der Waals surface area contributed by atoms with Gasteiger partial charge in [-0.1, -0.05) is 0 Å². The summed E-state index contributed by atoms with van der Waals surface area (Å²) in [6.45, 7) is -0.359. The van der Waals surface area contributed by atoms with Gasteiger partial charge in [0.2, 0.25) is 0 Å². The molecule has 0 aromatic heterocycles. The molecule has 0 aliphatic heterocycles. The van der Waals surface area contributed by atoms with Crippen LogP contribution in [-0.4, -0.2) is 43.2 Å². The van der Waals surface area contributed by atoms with E-state index in [2.05, 4.69) is 73.1 Å². The fourth-order valence-corrected chi connectivity index (χ4v) is 6.80. The molecule has 2 bridgehead atoms. The first kappa shape index (κ1) is 22.9. The molecule has 0 saturated heterocycles. The number of fused-ring (bicyclic) bond motifs is 2. The molecular formula is C17H18I3NO6S. The number of hydrogen-bond donors (Lipinski definition) is 2. The number of esters is 1. The normalized spacial score (nSPS) is 26.3. The zero-order valence-electron chi connectivity index (χ0n) is 14.5. The highest BCUT2D eigenvalue weighted by Gasteiger charge is 2.50. The van der Waals surface area contributed by atoms with Crippen molar-refractivity contribution >= 4 is 89.8 Å². The molecule has 1 aromatic carbocycles. The van der Waals surface area contributed by atoms with Gasteiger partial charge in [0.05, 0.1) is 11.5 Å². The first-order valence-corrected chi connectivity index (χ1v) is 13.5. The predicted molar refractivity (Wildman–Crippen MR) is 128 cm³/mol. The summed E-state index contributed by atoms with van der Waals surface area (Å²) in [6.07, 6.45) is 2.38. The average molecular weight is 745 g/mol. The molecule has 154 valence electrons. The van der Waals surface area contributed by atoms with Crippen LogP contribution in [0.1, 0.15) is 29.6 Å². The van der Waals surface area contributed by atoms with Crippen molar-refractivity contribution in [1.29, 1.82) is 0 Å². The van der Waals surface area contributed by atoms with E-state index in [4.69, 9.17) is 9.29 Å². The van der Waals surface area contributed by atoms with Crippen LogP contribution in [0.4, 0.5) is 0 Å². The van der Waals surface area contributed by atoms with Crippen molar-refractivity contribution in [1.82, 2.24) is 5.32 Å². The summed E-state index contributed by atoms with van der Waals surface area (Å²) in [5.41, 5.74) is 0.631. The Labute approximate surface area is 204 Å². The van der Waals surface area contributed by atoms with Crippen LogP contribution < -0.4 is 5.32 Å². The summed E-state index contributed by atoms with van der Waals surface area (Å²) in [4.78, 5) is 25.2. The second-order valence-corrected chi connectivity index (χ2v) is 12.2.